The van der Waals surface area contributed by atoms with Gasteiger partial charge in [-0.05, 0) is 31.1 Å². The molecule has 1 N–H and O–H groups in total. The number of hydrogen-bond acceptors (Lipinski definition) is 2. The number of nitrogens with zero attached hydrogens (tertiary/aromatic N) is 1. The summed E-state index contributed by atoms with van der Waals surface area (Å²) >= 11 is 0. The first-order valence-electron chi connectivity index (χ1n) is 7.43. The third-order valence-electron chi connectivity index (χ3n) is 3.79. The fraction of sp³-hybridized carbons (Fsp3) is 0.867. The summed E-state index contributed by atoms with van der Waals surface area (Å²) in [6, 6.07) is 0.248. The molecule has 1 aliphatic heterocycles. The summed E-state index contributed by atoms with van der Waals surface area (Å²) in [5.74, 6) is 0.783. The largest absolute Gasteiger partial charge is 0.353 e. The van der Waals surface area contributed by atoms with Crippen LogP contribution in [0.2, 0.25) is 0 Å². The minimum Gasteiger partial charge on any atom is -0.353 e. The van der Waals surface area contributed by atoms with Gasteiger partial charge in [0.1, 0.15) is 0 Å². The molecule has 108 valence electrons. The predicted octanol–water partition coefficient (Wildman–Crippen LogP) is 1.94. The van der Waals surface area contributed by atoms with E-state index < -0.39 is 0 Å². The maximum Gasteiger partial charge on any atom is 0.225 e. The molecule has 0 aromatic rings. The molecule has 0 aromatic carbocycles. The standard InChI is InChI=1S/C15H26N2O2/c1-15(2,3)10-13(18)16-12-6-8-17(9-7-12)14(19)11-4-5-11/h11-12H,4-10H2,1-3H3,(H,16,18). The van der Waals surface area contributed by atoms with Crippen LogP contribution in [-0.4, -0.2) is 35.8 Å². The molecule has 1 aliphatic carbocycles. The van der Waals surface area contributed by atoms with Crippen LogP contribution in [0.25, 0.3) is 0 Å². The van der Waals surface area contributed by atoms with E-state index in [-0.39, 0.29) is 17.4 Å². The molecule has 2 aliphatic rings. The van der Waals surface area contributed by atoms with Gasteiger partial charge in [0.25, 0.3) is 0 Å². The van der Waals surface area contributed by atoms with Crippen LogP contribution >= 0.6 is 0 Å². The zero-order valence-electron chi connectivity index (χ0n) is 12.4. The molecule has 19 heavy (non-hydrogen) atoms. The van der Waals surface area contributed by atoms with E-state index in [9.17, 15) is 9.59 Å². The van der Waals surface area contributed by atoms with Crippen LogP contribution in [0.1, 0.15) is 52.9 Å². The molecule has 2 amide bonds. The molecule has 0 radical (unpaired) electrons. The second kappa shape index (κ2) is 5.51. The average molecular weight is 266 g/mol. The summed E-state index contributed by atoms with van der Waals surface area (Å²) in [5.41, 5.74) is 0.0344. The van der Waals surface area contributed by atoms with Gasteiger partial charge < -0.3 is 10.2 Å². The fourth-order valence-corrected chi connectivity index (χ4v) is 2.59. The van der Waals surface area contributed by atoms with Crippen LogP contribution in [0.3, 0.4) is 0 Å². The lowest BCUT2D eigenvalue weighted by atomic mass is 9.91. The summed E-state index contributed by atoms with van der Waals surface area (Å²) in [7, 11) is 0. The second-order valence-electron chi connectivity index (χ2n) is 7.18. The first-order chi connectivity index (χ1) is 8.85. The summed E-state index contributed by atoms with van der Waals surface area (Å²) in [6.07, 6.45) is 4.50. The van der Waals surface area contributed by atoms with E-state index in [4.69, 9.17) is 0 Å². The van der Waals surface area contributed by atoms with Crippen molar-refractivity contribution in [2.45, 2.75) is 58.9 Å². The molecule has 0 atom stereocenters. The lowest BCUT2D eigenvalue weighted by molar-refractivity contribution is -0.133. The molecule has 0 unspecified atom stereocenters. The van der Waals surface area contributed by atoms with Gasteiger partial charge in [-0.15, -0.1) is 0 Å². The van der Waals surface area contributed by atoms with Crippen LogP contribution < -0.4 is 5.32 Å². The molecule has 4 nitrogen and oxygen atoms in total. The van der Waals surface area contributed by atoms with Crippen molar-refractivity contribution in [3.8, 4) is 0 Å². The number of carbonyl (C=O) groups excluding carboxylic acids is 2. The van der Waals surface area contributed by atoms with Crippen LogP contribution in [0, 0.1) is 11.3 Å². The van der Waals surface area contributed by atoms with E-state index in [0.29, 0.717) is 18.2 Å². The summed E-state index contributed by atoms with van der Waals surface area (Å²) in [6.45, 7) is 7.82. The molecule has 1 saturated carbocycles. The molecule has 2 rings (SSSR count). The van der Waals surface area contributed by atoms with Crippen LogP contribution in [0.4, 0.5) is 0 Å². The normalized spacial score (nSPS) is 21.3. The summed E-state index contributed by atoms with van der Waals surface area (Å²) in [5, 5.41) is 3.10. The van der Waals surface area contributed by atoms with Crippen molar-refractivity contribution < 1.29 is 9.59 Å². The summed E-state index contributed by atoms with van der Waals surface area (Å²) < 4.78 is 0. The highest BCUT2D eigenvalue weighted by Crippen LogP contribution is 2.31. The number of amides is 2. The number of hydrogen-bond donors (Lipinski definition) is 1. The Kier molecular flexibility index (Phi) is 4.16. The molecule has 2 fully saturated rings. The number of rotatable bonds is 3. The van der Waals surface area contributed by atoms with Gasteiger partial charge >= 0.3 is 0 Å². The van der Waals surface area contributed by atoms with E-state index in [1.807, 2.05) is 4.90 Å². The average Bonchev–Trinajstić information content (AvgIpc) is 3.10. The highest BCUT2D eigenvalue weighted by Gasteiger charge is 2.35. The third-order valence-corrected chi connectivity index (χ3v) is 3.79. The van der Waals surface area contributed by atoms with Crippen molar-refractivity contribution in [2.24, 2.45) is 11.3 Å². The highest BCUT2D eigenvalue weighted by molar-refractivity contribution is 5.81. The Hall–Kier alpha value is -1.06. The van der Waals surface area contributed by atoms with Crippen molar-refractivity contribution in [1.29, 1.82) is 0 Å². The predicted molar refractivity (Wildman–Crippen MR) is 74.5 cm³/mol. The zero-order valence-corrected chi connectivity index (χ0v) is 12.4. The Morgan fingerprint density at radius 3 is 2.16 bits per heavy atom. The Morgan fingerprint density at radius 2 is 1.68 bits per heavy atom. The van der Waals surface area contributed by atoms with E-state index in [1.54, 1.807) is 0 Å². The van der Waals surface area contributed by atoms with Crippen LogP contribution in [0.15, 0.2) is 0 Å². The molecular weight excluding hydrogens is 240 g/mol. The van der Waals surface area contributed by atoms with Gasteiger partial charge in [-0.25, -0.2) is 0 Å². The first kappa shape index (κ1) is 14.4. The molecular formula is C15H26N2O2. The molecule has 0 aromatic heterocycles. The lowest BCUT2D eigenvalue weighted by Crippen LogP contribution is -2.47. The molecule has 1 saturated heterocycles. The van der Waals surface area contributed by atoms with Crippen molar-refractivity contribution in [2.75, 3.05) is 13.1 Å². The molecule has 4 heteroatoms. The third kappa shape index (κ3) is 4.51. The fourth-order valence-electron chi connectivity index (χ4n) is 2.59. The molecule has 1 heterocycles. The van der Waals surface area contributed by atoms with E-state index in [0.717, 1.165) is 38.8 Å². The van der Waals surface area contributed by atoms with Crippen molar-refractivity contribution in [3.63, 3.8) is 0 Å². The zero-order chi connectivity index (χ0) is 14.0. The lowest BCUT2D eigenvalue weighted by Gasteiger charge is -2.33. The topological polar surface area (TPSA) is 49.4 Å². The SMILES string of the molecule is CC(C)(C)CC(=O)NC1CCN(C(=O)C2CC2)CC1. The Morgan fingerprint density at radius 1 is 1.11 bits per heavy atom. The van der Waals surface area contributed by atoms with Gasteiger partial charge in [0.15, 0.2) is 0 Å². The van der Waals surface area contributed by atoms with Crippen molar-refractivity contribution in [3.05, 3.63) is 0 Å². The number of carbonyl (C=O) groups is 2. The quantitative estimate of drug-likeness (QED) is 0.848. The van der Waals surface area contributed by atoms with E-state index in [2.05, 4.69) is 26.1 Å². The number of piperidine rings is 1. The number of nitrogens with one attached hydrogen (secondary N) is 1. The van der Waals surface area contributed by atoms with Crippen molar-refractivity contribution >= 4 is 11.8 Å². The number of likely N-dealkylation sites (tertiary alicyclic amines) is 1. The minimum atomic E-state index is 0.0344. The van der Waals surface area contributed by atoms with Crippen molar-refractivity contribution in [1.82, 2.24) is 10.2 Å². The van der Waals surface area contributed by atoms with Crippen LogP contribution in [-0.2, 0) is 9.59 Å². The molecule has 0 spiro atoms. The molecule has 0 bridgehead atoms. The minimum absolute atomic E-state index is 0.0344. The maximum atomic E-state index is 11.9. The second-order valence-corrected chi connectivity index (χ2v) is 7.18. The monoisotopic (exact) mass is 266 g/mol. The van der Waals surface area contributed by atoms with Gasteiger partial charge in [-0.3, -0.25) is 9.59 Å². The van der Waals surface area contributed by atoms with E-state index in [1.165, 1.54) is 0 Å². The maximum absolute atomic E-state index is 11.9. The summed E-state index contributed by atoms with van der Waals surface area (Å²) in [4.78, 5) is 25.8. The van der Waals surface area contributed by atoms with Gasteiger partial charge in [-0.2, -0.15) is 0 Å². The Bertz CT molecular complexity index is 348. The van der Waals surface area contributed by atoms with Gasteiger partial charge in [0.2, 0.25) is 11.8 Å². The Balaban J connectivity index is 1.71. The van der Waals surface area contributed by atoms with E-state index >= 15 is 0 Å². The van der Waals surface area contributed by atoms with Gasteiger partial charge in [-0.1, -0.05) is 20.8 Å². The van der Waals surface area contributed by atoms with Gasteiger partial charge in [0, 0.05) is 31.5 Å². The van der Waals surface area contributed by atoms with Crippen LogP contribution in [0.5, 0.6) is 0 Å². The smallest absolute Gasteiger partial charge is 0.225 e. The Labute approximate surface area is 115 Å². The first-order valence-corrected chi connectivity index (χ1v) is 7.43. The highest BCUT2D eigenvalue weighted by atomic mass is 16.2. The van der Waals surface area contributed by atoms with Gasteiger partial charge in [0.05, 0.1) is 0 Å².